The first-order chi connectivity index (χ1) is 10.6. The number of hydrogen-bond acceptors (Lipinski definition) is 2. The van der Waals surface area contributed by atoms with Crippen molar-refractivity contribution in [3.8, 4) is 0 Å². The van der Waals surface area contributed by atoms with E-state index in [4.69, 9.17) is 0 Å². The number of β-amino-alcohol motifs (C(OH)–C–C–N with tert-alkyl or cyclic N) is 1. The molecular weight excluding hydrogens is 415 g/mol. The molecule has 2 aliphatic rings. The molecule has 0 spiro atoms. The maximum atomic E-state index is 13.8. The molecule has 7 heteroatoms. The summed E-state index contributed by atoms with van der Waals surface area (Å²) in [5.41, 5.74) is 0.164. The van der Waals surface area contributed by atoms with E-state index in [9.17, 15) is 13.9 Å². The summed E-state index contributed by atoms with van der Waals surface area (Å²) in [6.45, 7) is 3.87. The highest BCUT2D eigenvalue weighted by atomic mass is 127. The van der Waals surface area contributed by atoms with Crippen molar-refractivity contribution < 1.29 is 13.9 Å². The van der Waals surface area contributed by atoms with Crippen molar-refractivity contribution in [2.24, 2.45) is 4.99 Å². The zero-order valence-corrected chi connectivity index (χ0v) is 15.3. The van der Waals surface area contributed by atoms with E-state index >= 15 is 0 Å². The highest BCUT2D eigenvalue weighted by Gasteiger charge is 2.43. The Morgan fingerprint density at radius 2 is 2.09 bits per heavy atom. The van der Waals surface area contributed by atoms with Gasteiger partial charge in [0.25, 0.3) is 0 Å². The molecule has 0 amide bonds. The zero-order valence-electron chi connectivity index (χ0n) is 13.0. The van der Waals surface area contributed by atoms with E-state index in [-0.39, 0.29) is 47.6 Å². The number of likely N-dealkylation sites (tertiary alicyclic amines) is 1. The number of nitrogens with one attached hydrogen (secondary N) is 1. The highest BCUT2D eigenvalue weighted by Crippen LogP contribution is 2.43. The van der Waals surface area contributed by atoms with Crippen LogP contribution < -0.4 is 5.32 Å². The third-order valence-corrected chi connectivity index (χ3v) is 4.25. The van der Waals surface area contributed by atoms with E-state index in [0.29, 0.717) is 19.5 Å². The molecule has 0 radical (unpaired) electrons. The Balaban J connectivity index is 0.00000192. The zero-order chi connectivity index (χ0) is 15.7. The molecular formula is C16H22F2IN3O. The molecule has 1 aromatic rings. The van der Waals surface area contributed by atoms with Crippen molar-refractivity contribution in [2.75, 3.05) is 19.6 Å². The van der Waals surface area contributed by atoms with Crippen LogP contribution in [0.25, 0.3) is 0 Å². The number of guanidine groups is 1. The smallest absolute Gasteiger partial charge is 0.194 e. The van der Waals surface area contributed by atoms with Gasteiger partial charge in [-0.25, -0.2) is 8.78 Å². The summed E-state index contributed by atoms with van der Waals surface area (Å²) in [4.78, 5) is 6.43. The molecule has 0 aromatic heterocycles. The van der Waals surface area contributed by atoms with Gasteiger partial charge in [0.15, 0.2) is 5.96 Å². The Hall–Kier alpha value is -0.960. The van der Waals surface area contributed by atoms with Crippen LogP contribution in [0.2, 0.25) is 0 Å². The number of aliphatic hydroxyl groups excluding tert-OH is 1. The minimum atomic E-state index is -0.486. The molecule has 3 atom stereocenters. The maximum absolute atomic E-state index is 13.8. The Kier molecular flexibility index (Phi) is 6.19. The molecule has 1 aliphatic heterocycles. The van der Waals surface area contributed by atoms with Gasteiger partial charge in [-0.1, -0.05) is 6.07 Å². The van der Waals surface area contributed by atoms with Crippen molar-refractivity contribution in [3.05, 3.63) is 35.4 Å². The van der Waals surface area contributed by atoms with Gasteiger partial charge in [-0.3, -0.25) is 4.99 Å². The summed E-state index contributed by atoms with van der Waals surface area (Å²) in [6, 6.07) is 3.97. The SMILES string of the molecule is CCN=C(NC1CC1c1c(F)cccc1F)N1CC[C@@H](O)C1.I. The van der Waals surface area contributed by atoms with Gasteiger partial charge in [0.1, 0.15) is 11.6 Å². The lowest BCUT2D eigenvalue weighted by atomic mass is 10.1. The average molecular weight is 437 g/mol. The molecule has 1 heterocycles. The van der Waals surface area contributed by atoms with Gasteiger partial charge in [0, 0.05) is 37.2 Å². The number of halogens is 3. The molecule has 1 aromatic carbocycles. The molecule has 3 rings (SSSR count). The molecule has 1 aliphatic carbocycles. The number of aliphatic hydroxyl groups is 1. The first kappa shape index (κ1) is 18.4. The monoisotopic (exact) mass is 437 g/mol. The molecule has 2 fully saturated rings. The topological polar surface area (TPSA) is 47.9 Å². The van der Waals surface area contributed by atoms with Gasteiger partial charge in [0.05, 0.1) is 6.10 Å². The minimum absolute atomic E-state index is 0. The molecule has 0 bridgehead atoms. The summed E-state index contributed by atoms with van der Waals surface area (Å²) in [7, 11) is 0. The Bertz CT molecular complexity index is 564. The van der Waals surface area contributed by atoms with Gasteiger partial charge >= 0.3 is 0 Å². The number of rotatable bonds is 3. The summed E-state index contributed by atoms with van der Waals surface area (Å²) >= 11 is 0. The van der Waals surface area contributed by atoms with Gasteiger partial charge in [-0.15, -0.1) is 24.0 Å². The molecule has 2 N–H and O–H groups in total. The number of nitrogens with zero attached hydrogens (tertiary/aromatic N) is 2. The fraction of sp³-hybridized carbons (Fsp3) is 0.562. The molecule has 1 saturated heterocycles. The summed E-state index contributed by atoms with van der Waals surface area (Å²) in [5, 5.41) is 12.9. The number of aliphatic imine (C=N–C) groups is 1. The average Bonchev–Trinajstić information content (AvgIpc) is 3.07. The predicted molar refractivity (Wildman–Crippen MR) is 96.2 cm³/mol. The van der Waals surface area contributed by atoms with E-state index in [1.165, 1.54) is 18.2 Å². The summed E-state index contributed by atoms with van der Waals surface area (Å²) in [6.07, 6.45) is 1.08. The molecule has 4 nitrogen and oxygen atoms in total. The van der Waals surface area contributed by atoms with Crippen LogP contribution in [0.1, 0.15) is 31.2 Å². The van der Waals surface area contributed by atoms with Gasteiger partial charge in [0.2, 0.25) is 0 Å². The minimum Gasteiger partial charge on any atom is -0.391 e. The molecule has 1 saturated carbocycles. The van der Waals surface area contributed by atoms with E-state index in [0.717, 1.165) is 18.9 Å². The lowest BCUT2D eigenvalue weighted by Gasteiger charge is -2.21. The Labute approximate surface area is 152 Å². The second kappa shape index (κ2) is 7.74. The third kappa shape index (κ3) is 4.12. The van der Waals surface area contributed by atoms with Crippen molar-refractivity contribution in [2.45, 2.75) is 37.8 Å². The van der Waals surface area contributed by atoms with Crippen molar-refractivity contribution in [1.82, 2.24) is 10.2 Å². The van der Waals surface area contributed by atoms with Crippen LogP contribution in [0.15, 0.2) is 23.2 Å². The van der Waals surface area contributed by atoms with Crippen molar-refractivity contribution in [1.29, 1.82) is 0 Å². The third-order valence-electron chi connectivity index (χ3n) is 4.25. The maximum Gasteiger partial charge on any atom is 0.194 e. The van der Waals surface area contributed by atoms with Crippen LogP contribution >= 0.6 is 24.0 Å². The first-order valence-electron chi connectivity index (χ1n) is 7.78. The quantitative estimate of drug-likeness (QED) is 0.434. The number of benzene rings is 1. The Morgan fingerprint density at radius 1 is 1.39 bits per heavy atom. The Morgan fingerprint density at radius 3 is 2.65 bits per heavy atom. The van der Waals surface area contributed by atoms with E-state index in [1.54, 1.807) is 0 Å². The number of hydrogen-bond donors (Lipinski definition) is 2. The van der Waals surface area contributed by atoms with E-state index in [1.807, 2.05) is 11.8 Å². The second-order valence-electron chi connectivity index (χ2n) is 5.91. The van der Waals surface area contributed by atoms with E-state index in [2.05, 4.69) is 10.3 Å². The fourth-order valence-corrected chi connectivity index (χ4v) is 3.03. The van der Waals surface area contributed by atoms with Gasteiger partial charge in [-0.05, 0) is 31.9 Å². The van der Waals surface area contributed by atoms with Crippen LogP contribution in [-0.2, 0) is 0 Å². The van der Waals surface area contributed by atoms with Crippen LogP contribution in [-0.4, -0.2) is 47.7 Å². The molecule has 2 unspecified atom stereocenters. The van der Waals surface area contributed by atoms with Crippen LogP contribution in [0.4, 0.5) is 8.78 Å². The van der Waals surface area contributed by atoms with Gasteiger partial charge in [-0.2, -0.15) is 0 Å². The summed E-state index contributed by atoms with van der Waals surface area (Å²) in [5.74, 6) is -0.404. The second-order valence-corrected chi connectivity index (χ2v) is 5.91. The first-order valence-corrected chi connectivity index (χ1v) is 7.78. The lowest BCUT2D eigenvalue weighted by Crippen LogP contribution is -2.42. The van der Waals surface area contributed by atoms with E-state index < -0.39 is 11.6 Å². The summed E-state index contributed by atoms with van der Waals surface area (Å²) < 4.78 is 27.6. The largest absolute Gasteiger partial charge is 0.391 e. The van der Waals surface area contributed by atoms with Gasteiger partial charge < -0.3 is 15.3 Å². The van der Waals surface area contributed by atoms with Crippen LogP contribution in [0.3, 0.4) is 0 Å². The van der Waals surface area contributed by atoms with Crippen LogP contribution in [0.5, 0.6) is 0 Å². The molecule has 128 valence electrons. The van der Waals surface area contributed by atoms with Crippen molar-refractivity contribution >= 4 is 29.9 Å². The predicted octanol–water partition coefficient (Wildman–Crippen LogP) is 2.47. The van der Waals surface area contributed by atoms with Crippen molar-refractivity contribution in [3.63, 3.8) is 0 Å². The van der Waals surface area contributed by atoms with Crippen LogP contribution in [0, 0.1) is 11.6 Å². The highest BCUT2D eigenvalue weighted by molar-refractivity contribution is 14.0. The fourth-order valence-electron chi connectivity index (χ4n) is 3.03. The normalized spacial score (nSPS) is 26.9. The lowest BCUT2D eigenvalue weighted by molar-refractivity contribution is 0.187. The molecule has 23 heavy (non-hydrogen) atoms. The standard InChI is InChI=1S/C16H21F2N3O.HI/c1-2-19-16(21-7-6-10(22)9-21)20-14-8-11(14)15-12(17)4-3-5-13(15)18;/h3-5,10-11,14,22H,2,6-9H2,1H3,(H,19,20);1H/t10-,11?,14?;/m1./s1.